The lowest BCUT2D eigenvalue weighted by atomic mass is 10.1. The lowest BCUT2D eigenvalue weighted by Crippen LogP contribution is -2.14. The molecule has 20 heavy (non-hydrogen) atoms. The van der Waals surface area contributed by atoms with Crippen molar-refractivity contribution < 1.29 is 14.3 Å². The topological polar surface area (TPSA) is 81.4 Å². The molecular weight excluding hydrogens is 256 g/mol. The molecule has 1 aromatic rings. The number of hydrogen-bond acceptors (Lipinski definition) is 4. The quantitative estimate of drug-likeness (QED) is 0.456. The van der Waals surface area contributed by atoms with E-state index in [4.69, 9.17) is 10.5 Å². The van der Waals surface area contributed by atoms with E-state index in [1.165, 1.54) is 13.0 Å². The Morgan fingerprint density at radius 1 is 1.25 bits per heavy atom. The Kier molecular flexibility index (Phi) is 6.56. The van der Waals surface area contributed by atoms with Crippen LogP contribution in [0.15, 0.2) is 18.2 Å². The Labute approximate surface area is 119 Å². The van der Waals surface area contributed by atoms with Gasteiger partial charge in [0, 0.05) is 12.6 Å². The number of carbonyl (C=O) groups excluding carboxylic acids is 2. The molecule has 0 aliphatic heterocycles. The van der Waals surface area contributed by atoms with Crippen LogP contribution in [0.5, 0.6) is 0 Å². The molecule has 5 nitrogen and oxygen atoms in total. The summed E-state index contributed by atoms with van der Waals surface area (Å²) in [6, 6.07) is 4.74. The fourth-order valence-corrected chi connectivity index (χ4v) is 1.80. The minimum absolute atomic E-state index is 0.244. The van der Waals surface area contributed by atoms with Gasteiger partial charge in [0.15, 0.2) is 0 Å². The predicted octanol–water partition coefficient (Wildman–Crippen LogP) is 2.96. The highest BCUT2D eigenvalue weighted by Crippen LogP contribution is 2.20. The first kappa shape index (κ1) is 16.0. The second-order valence-electron chi connectivity index (χ2n) is 4.68. The van der Waals surface area contributed by atoms with E-state index in [0.29, 0.717) is 18.0 Å². The van der Waals surface area contributed by atoms with Gasteiger partial charge in [0.25, 0.3) is 0 Å². The van der Waals surface area contributed by atoms with E-state index in [-0.39, 0.29) is 11.5 Å². The van der Waals surface area contributed by atoms with Crippen molar-refractivity contribution in [3.05, 3.63) is 23.8 Å². The molecule has 0 spiro atoms. The van der Waals surface area contributed by atoms with Crippen molar-refractivity contribution >= 4 is 23.3 Å². The minimum Gasteiger partial charge on any atom is -0.462 e. The molecule has 1 rings (SSSR count). The molecule has 1 amide bonds. The number of benzene rings is 1. The monoisotopic (exact) mass is 278 g/mol. The van der Waals surface area contributed by atoms with E-state index in [1.54, 1.807) is 12.1 Å². The van der Waals surface area contributed by atoms with Crippen LogP contribution >= 0.6 is 0 Å². The first-order valence-electron chi connectivity index (χ1n) is 6.88. The summed E-state index contributed by atoms with van der Waals surface area (Å²) in [6.07, 6.45) is 4.15. The van der Waals surface area contributed by atoms with Crippen molar-refractivity contribution in [3.63, 3.8) is 0 Å². The Balaban J connectivity index is 2.65. The lowest BCUT2D eigenvalue weighted by Gasteiger charge is -2.10. The van der Waals surface area contributed by atoms with Gasteiger partial charge >= 0.3 is 5.97 Å². The molecule has 5 heteroatoms. The van der Waals surface area contributed by atoms with Gasteiger partial charge in [-0.15, -0.1) is 0 Å². The summed E-state index contributed by atoms with van der Waals surface area (Å²) < 4.78 is 5.21. The smallest absolute Gasteiger partial charge is 0.340 e. The maximum Gasteiger partial charge on any atom is 0.340 e. The molecule has 0 aliphatic carbocycles. The molecule has 0 saturated heterocycles. The fourth-order valence-electron chi connectivity index (χ4n) is 1.80. The predicted molar refractivity (Wildman–Crippen MR) is 79.6 cm³/mol. The molecule has 0 bridgehead atoms. The first-order valence-corrected chi connectivity index (χ1v) is 6.88. The number of amides is 1. The molecule has 0 atom stereocenters. The molecular formula is C15H22N2O3. The van der Waals surface area contributed by atoms with Crippen molar-refractivity contribution in [1.29, 1.82) is 0 Å². The van der Waals surface area contributed by atoms with Gasteiger partial charge in [0.05, 0.1) is 17.9 Å². The highest BCUT2D eigenvalue weighted by atomic mass is 16.5. The van der Waals surface area contributed by atoms with Gasteiger partial charge in [-0.05, 0) is 24.6 Å². The molecule has 3 N–H and O–H groups in total. The number of nitrogens with two attached hydrogens (primary N) is 1. The van der Waals surface area contributed by atoms with Crippen LogP contribution in [0, 0.1) is 0 Å². The van der Waals surface area contributed by atoms with Gasteiger partial charge in [-0.25, -0.2) is 4.79 Å². The van der Waals surface area contributed by atoms with Crippen molar-refractivity contribution in [2.75, 3.05) is 17.7 Å². The largest absolute Gasteiger partial charge is 0.462 e. The van der Waals surface area contributed by atoms with Crippen LogP contribution in [-0.2, 0) is 9.53 Å². The Morgan fingerprint density at radius 3 is 2.65 bits per heavy atom. The minimum atomic E-state index is -0.461. The number of hydrogen-bond donors (Lipinski definition) is 2. The van der Waals surface area contributed by atoms with Crippen LogP contribution in [0.4, 0.5) is 11.4 Å². The van der Waals surface area contributed by atoms with Gasteiger partial charge in [0.2, 0.25) is 5.91 Å². The Hall–Kier alpha value is -2.04. The molecule has 0 aromatic heterocycles. The van der Waals surface area contributed by atoms with E-state index < -0.39 is 5.97 Å². The molecule has 0 unspecified atom stereocenters. The number of esters is 1. The summed E-state index contributed by atoms with van der Waals surface area (Å²) >= 11 is 0. The second kappa shape index (κ2) is 8.19. The zero-order valence-electron chi connectivity index (χ0n) is 12.1. The highest BCUT2D eigenvalue weighted by Gasteiger charge is 2.14. The van der Waals surface area contributed by atoms with Crippen molar-refractivity contribution in [2.24, 2.45) is 0 Å². The molecule has 0 fully saturated rings. The van der Waals surface area contributed by atoms with Crippen LogP contribution in [0.3, 0.4) is 0 Å². The Bertz CT molecular complexity index is 472. The average molecular weight is 278 g/mol. The van der Waals surface area contributed by atoms with Gasteiger partial charge < -0.3 is 15.8 Å². The number of nitrogen functional groups attached to an aromatic ring is 1. The highest BCUT2D eigenvalue weighted by molar-refractivity contribution is 6.01. The van der Waals surface area contributed by atoms with Crippen LogP contribution in [0.25, 0.3) is 0 Å². The zero-order chi connectivity index (χ0) is 15.0. The van der Waals surface area contributed by atoms with E-state index in [2.05, 4.69) is 12.2 Å². The number of unbranched alkanes of at least 4 members (excludes halogenated alkanes) is 3. The number of carbonyl (C=O) groups is 2. The molecule has 0 radical (unpaired) electrons. The summed E-state index contributed by atoms with van der Waals surface area (Å²) in [4.78, 5) is 23.1. The van der Waals surface area contributed by atoms with Gasteiger partial charge in [0.1, 0.15) is 0 Å². The van der Waals surface area contributed by atoms with E-state index in [1.807, 2.05) is 0 Å². The van der Waals surface area contributed by atoms with E-state index in [0.717, 1.165) is 25.7 Å². The molecule has 0 saturated carbocycles. The number of rotatable bonds is 7. The summed E-state index contributed by atoms with van der Waals surface area (Å²) in [5.74, 6) is -0.704. The van der Waals surface area contributed by atoms with Crippen molar-refractivity contribution in [1.82, 2.24) is 0 Å². The normalized spacial score (nSPS) is 10.1. The van der Waals surface area contributed by atoms with Gasteiger partial charge in [-0.3, -0.25) is 4.79 Å². The van der Waals surface area contributed by atoms with E-state index in [9.17, 15) is 9.59 Å². The standard InChI is InChI=1S/C15H22N2O3/c1-3-4-5-6-9-20-15(19)13-10-12(16)7-8-14(13)17-11(2)18/h7-8,10H,3-6,9,16H2,1-2H3,(H,17,18). The number of nitrogens with one attached hydrogen (secondary N) is 1. The SMILES string of the molecule is CCCCCCOC(=O)c1cc(N)ccc1NC(C)=O. The third-order valence-corrected chi connectivity index (χ3v) is 2.81. The lowest BCUT2D eigenvalue weighted by molar-refractivity contribution is -0.114. The average Bonchev–Trinajstić information content (AvgIpc) is 2.40. The fraction of sp³-hybridized carbons (Fsp3) is 0.467. The Morgan fingerprint density at radius 2 is 2.00 bits per heavy atom. The number of anilines is 2. The van der Waals surface area contributed by atoms with Crippen molar-refractivity contribution in [3.8, 4) is 0 Å². The first-order chi connectivity index (χ1) is 9.54. The summed E-state index contributed by atoms with van der Waals surface area (Å²) in [6.45, 7) is 3.89. The van der Waals surface area contributed by atoms with Crippen LogP contribution in [0.1, 0.15) is 49.9 Å². The van der Waals surface area contributed by atoms with Crippen LogP contribution in [-0.4, -0.2) is 18.5 Å². The summed E-state index contributed by atoms with van der Waals surface area (Å²) in [5.41, 5.74) is 6.83. The second-order valence-corrected chi connectivity index (χ2v) is 4.68. The summed E-state index contributed by atoms with van der Waals surface area (Å²) in [7, 11) is 0. The molecule has 110 valence electrons. The molecule has 1 aromatic carbocycles. The third-order valence-electron chi connectivity index (χ3n) is 2.81. The molecule has 0 aliphatic rings. The van der Waals surface area contributed by atoms with E-state index >= 15 is 0 Å². The summed E-state index contributed by atoms with van der Waals surface area (Å²) in [5, 5.41) is 2.60. The third kappa shape index (κ3) is 5.30. The maximum atomic E-state index is 12.0. The number of ether oxygens (including phenoxy) is 1. The zero-order valence-corrected chi connectivity index (χ0v) is 12.1. The van der Waals surface area contributed by atoms with Gasteiger partial charge in [-0.1, -0.05) is 26.2 Å². The maximum absolute atomic E-state index is 12.0. The molecule has 0 heterocycles. The van der Waals surface area contributed by atoms with Crippen LogP contribution < -0.4 is 11.1 Å². The van der Waals surface area contributed by atoms with Crippen LogP contribution in [0.2, 0.25) is 0 Å². The van der Waals surface area contributed by atoms with Gasteiger partial charge in [-0.2, -0.15) is 0 Å². The van der Waals surface area contributed by atoms with Crippen molar-refractivity contribution in [2.45, 2.75) is 39.5 Å².